The fourth-order valence-electron chi connectivity index (χ4n) is 2.24. The Morgan fingerprint density at radius 1 is 1.05 bits per heavy atom. The zero-order valence-electron chi connectivity index (χ0n) is 11.3. The number of aldehydes is 1. The Labute approximate surface area is 122 Å². The number of benzene rings is 2. The molecule has 0 aliphatic carbocycles. The van der Waals surface area contributed by atoms with Crippen molar-refractivity contribution >= 4 is 33.6 Å². The van der Waals surface area contributed by atoms with Crippen molar-refractivity contribution in [3.05, 3.63) is 57.6 Å². The van der Waals surface area contributed by atoms with Crippen molar-refractivity contribution < 1.29 is 4.79 Å². The molecule has 2 rings (SSSR count). The highest BCUT2D eigenvalue weighted by Gasteiger charge is 2.11. The summed E-state index contributed by atoms with van der Waals surface area (Å²) in [4.78, 5) is 13.3. The van der Waals surface area contributed by atoms with Crippen molar-refractivity contribution in [1.29, 1.82) is 0 Å². The molecule has 3 heteroatoms. The van der Waals surface area contributed by atoms with Crippen molar-refractivity contribution in [3.63, 3.8) is 0 Å². The minimum atomic E-state index is 0.678. The zero-order valence-corrected chi connectivity index (χ0v) is 12.9. The van der Waals surface area contributed by atoms with Crippen LogP contribution in [0, 0.1) is 13.8 Å². The maximum atomic E-state index is 11.2. The van der Waals surface area contributed by atoms with Gasteiger partial charge in [-0.05, 0) is 43.7 Å². The molecule has 0 aromatic heterocycles. The molecule has 0 spiro atoms. The molecule has 0 aliphatic rings. The average Bonchev–Trinajstić information content (AvgIpc) is 2.37. The second-order valence-corrected chi connectivity index (χ2v) is 5.59. The van der Waals surface area contributed by atoms with Gasteiger partial charge in [-0.25, -0.2) is 0 Å². The predicted molar refractivity (Wildman–Crippen MR) is 83.5 cm³/mol. The first-order valence-corrected chi connectivity index (χ1v) is 6.88. The first-order valence-electron chi connectivity index (χ1n) is 6.08. The van der Waals surface area contributed by atoms with E-state index in [4.69, 9.17) is 0 Å². The Hall–Kier alpha value is -1.61. The van der Waals surface area contributed by atoms with E-state index in [-0.39, 0.29) is 0 Å². The fraction of sp³-hybridized carbons (Fsp3) is 0.188. The lowest BCUT2D eigenvalue weighted by Crippen LogP contribution is -2.13. The molecule has 0 aliphatic heterocycles. The highest BCUT2D eigenvalue weighted by Crippen LogP contribution is 2.30. The summed E-state index contributed by atoms with van der Waals surface area (Å²) in [6, 6.07) is 12.0. The average molecular weight is 318 g/mol. The lowest BCUT2D eigenvalue weighted by atomic mass is 10.1. The summed E-state index contributed by atoms with van der Waals surface area (Å²) < 4.78 is 0.910. The number of aryl methyl sites for hydroxylation is 2. The summed E-state index contributed by atoms with van der Waals surface area (Å²) in [5.74, 6) is 0. The van der Waals surface area contributed by atoms with E-state index in [9.17, 15) is 4.79 Å². The fourth-order valence-corrected chi connectivity index (χ4v) is 2.62. The zero-order chi connectivity index (χ0) is 14.0. The lowest BCUT2D eigenvalue weighted by molar-refractivity contribution is 0.112. The van der Waals surface area contributed by atoms with E-state index >= 15 is 0 Å². The topological polar surface area (TPSA) is 20.3 Å². The quantitative estimate of drug-likeness (QED) is 0.768. The third kappa shape index (κ3) is 2.87. The van der Waals surface area contributed by atoms with E-state index in [0.717, 1.165) is 22.1 Å². The standard InChI is InChI=1S/C16H16BrNO/c1-11-4-6-15(12(2)8-11)18(3)16-7-5-14(17)9-13(16)10-19/h4-10H,1-3H3. The first-order chi connectivity index (χ1) is 9.02. The van der Waals surface area contributed by atoms with Crippen LogP contribution in [-0.4, -0.2) is 13.3 Å². The van der Waals surface area contributed by atoms with Crippen LogP contribution in [0.15, 0.2) is 40.9 Å². The van der Waals surface area contributed by atoms with Crippen molar-refractivity contribution in [2.24, 2.45) is 0 Å². The molecule has 0 radical (unpaired) electrons. The van der Waals surface area contributed by atoms with Gasteiger partial charge < -0.3 is 4.90 Å². The van der Waals surface area contributed by atoms with Gasteiger partial charge in [0.2, 0.25) is 0 Å². The molecule has 2 aromatic carbocycles. The molecule has 0 unspecified atom stereocenters. The molecule has 0 amide bonds. The second kappa shape index (κ2) is 5.57. The lowest BCUT2D eigenvalue weighted by Gasteiger charge is -2.23. The van der Waals surface area contributed by atoms with Gasteiger partial charge in [0.15, 0.2) is 6.29 Å². The molecule has 0 fully saturated rings. The van der Waals surface area contributed by atoms with E-state index in [2.05, 4.69) is 48.0 Å². The molecule has 2 aromatic rings. The Morgan fingerprint density at radius 2 is 1.74 bits per heavy atom. The van der Waals surface area contributed by atoms with Crippen molar-refractivity contribution in [3.8, 4) is 0 Å². The smallest absolute Gasteiger partial charge is 0.152 e. The van der Waals surface area contributed by atoms with Crippen molar-refractivity contribution in [2.45, 2.75) is 13.8 Å². The summed E-state index contributed by atoms with van der Waals surface area (Å²) in [6.45, 7) is 4.16. The molecule has 0 bridgehead atoms. The summed E-state index contributed by atoms with van der Waals surface area (Å²) in [5, 5.41) is 0. The molecule has 2 nitrogen and oxygen atoms in total. The van der Waals surface area contributed by atoms with Gasteiger partial charge >= 0.3 is 0 Å². The number of carbonyl (C=O) groups excluding carboxylic acids is 1. The molecule has 0 atom stereocenters. The highest BCUT2D eigenvalue weighted by atomic mass is 79.9. The molecular weight excluding hydrogens is 302 g/mol. The molecule has 98 valence electrons. The van der Waals surface area contributed by atoms with Gasteiger partial charge in [0.1, 0.15) is 0 Å². The second-order valence-electron chi connectivity index (χ2n) is 4.67. The van der Waals surface area contributed by atoms with E-state index < -0.39 is 0 Å². The summed E-state index contributed by atoms with van der Waals surface area (Å²) in [5.41, 5.74) is 5.13. The van der Waals surface area contributed by atoms with Crippen LogP contribution in [0.3, 0.4) is 0 Å². The largest absolute Gasteiger partial charge is 0.344 e. The molecular formula is C16H16BrNO. The van der Waals surface area contributed by atoms with Crippen LogP contribution in [0.2, 0.25) is 0 Å². The van der Waals surface area contributed by atoms with Crippen molar-refractivity contribution in [1.82, 2.24) is 0 Å². The Morgan fingerprint density at radius 3 is 2.37 bits per heavy atom. The third-order valence-corrected chi connectivity index (χ3v) is 3.68. The maximum absolute atomic E-state index is 11.2. The maximum Gasteiger partial charge on any atom is 0.152 e. The van der Waals surface area contributed by atoms with Gasteiger partial charge in [-0.3, -0.25) is 4.79 Å². The number of nitrogens with zero attached hydrogens (tertiary/aromatic N) is 1. The van der Waals surface area contributed by atoms with Gasteiger partial charge in [0.05, 0.1) is 5.69 Å². The molecule has 0 saturated carbocycles. The minimum absolute atomic E-state index is 0.678. The van der Waals surface area contributed by atoms with Gasteiger partial charge in [-0.15, -0.1) is 0 Å². The van der Waals surface area contributed by atoms with E-state index in [1.807, 2.05) is 30.1 Å². The van der Waals surface area contributed by atoms with Crippen LogP contribution in [0.1, 0.15) is 21.5 Å². The summed E-state index contributed by atoms with van der Waals surface area (Å²) >= 11 is 3.39. The molecule has 19 heavy (non-hydrogen) atoms. The number of hydrogen-bond donors (Lipinski definition) is 0. The monoisotopic (exact) mass is 317 g/mol. The van der Waals surface area contributed by atoms with E-state index in [1.165, 1.54) is 11.1 Å². The van der Waals surface area contributed by atoms with Crippen molar-refractivity contribution in [2.75, 3.05) is 11.9 Å². The van der Waals surface area contributed by atoms with Crippen LogP contribution in [0.5, 0.6) is 0 Å². The number of anilines is 2. The van der Waals surface area contributed by atoms with Gasteiger partial charge in [-0.1, -0.05) is 33.6 Å². The molecule has 0 saturated heterocycles. The minimum Gasteiger partial charge on any atom is -0.344 e. The predicted octanol–water partition coefficient (Wildman–Crippen LogP) is 4.65. The molecule has 0 N–H and O–H groups in total. The van der Waals surface area contributed by atoms with Crippen LogP contribution in [0.25, 0.3) is 0 Å². The van der Waals surface area contributed by atoms with E-state index in [0.29, 0.717) is 5.56 Å². The summed E-state index contributed by atoms with van der Waals surface area (Å²) in [7, 11) is 1.98. The SMILES string of the molecule is Cc1ccc(N(C)c2ccc(Br)cc2C=O)c(C)c1. The number of carbonyl (C=O) groups is 1. The number of rotatable bonds is 3. The summed E-state index contributed by atoms with van der Waals surface area (Å²) in [6.07, 6.45) is 0.889. The Bertz CT molecular complexity index is 622. The Kier molecular flexibility index (Phi) is 4.05. The van der Waals surface area contributed by atoms with Gasteiger partial charge in [0.25, 0.3) is 0 Å². The normalized spacial score (nSPS) is 10.3. The third-order valence-electron chi connectivity index (χ3n) is 3.19. The highest BCUT2D eigenvalue weighted by molar-refractivity contribution is 9.10. The van der Waals surface area contributed by atoms with Crippen LogP contribution in [-0.2, 0) is 0 Å². The molecule has 0 heterocycles. The van der Waals surface area contributed by atoms with Gasteiger partial charge in [-0.2, -0.15) is 0 Å². The van der Waals surface area contributed by atoms with Crippen LogP contribution < -0.4 is 4.90 Å². The van der Waals surface area contributed by atoms with Crippen LogP contribution in [0.4, 0.5) is 11.4 Å². The van der Waals surface area contributed by atoms with Crippen LogP contribution >= 0.6 is 15.9 Å². The van der Waals surface area contributed by atoms with Gasteiger partial charge in [0, 0.05) is 22.8 Å². The van der Waals surface area contributed by atoms with E-state index in [1.54, 1.807) is 0 Å². The first kappa shape index (κ1) is 13.8. The number of hydrogen-bond acceptors (Lipinski definition) is 2. The Balaban J connectivity index is 2.49. The number of halogens is 1.